The highest BCUT2D eigenvalue weighted by molar-refractivity contribution is 5.81. The highest BCUT2D eigenvalue weighted by atomic mass is 19.4. The van der Waals surface area contributed by atoms with Crippen LogP contribution in [-0.2, 0) is 9.59 Å². The van der Waals surface area contributed by atoms with Gasteiger partial charge in [-0.15, -0.1) is 0 Å². The summed E-state index contributed by atoms with van der Waals surface area (Å²) in [6, 6.07) is -0.0348. The second-order valence-electron chi connectivity index (χ2n) is 5.55. The zero-order valence-electron chi connectivity index (χ0n) is 12.1. The minimum Gasteiger partial charge on any atom is -0.356 e. The van der Waals surface area contributed by atoms with Gasteiger partial charge in [0.25, 0.3) is 0 Å². The van der Waals surface area contributed by atoms with Gasteiger partial charge in [-0.2, -0.15) is 13.2 Å². The number of amides is 2. The summed E-state index contributed by atoms with van der Waals surface area (Å²) < 4.78 is 36.8. The fourth-order valence-corrected chi connectivity index (χ4v) is 2.22. The van der Waals surface area contributed by atoms with Gasteiger partial charge in [0.05, 0.1) is 0 Å². The number of nitrogens with one attached hydrogen (secondary N) is 1. The van der Waals surface area contributed by atoms with Crippen molar-refractivity contribution in [3.8, 4) is 0 Å². The third-order valence-electron chi connectivity index (χ3n) is 3.56. The van der Waals surface area contributed by atoms with E-state index in [-0.39, 0.29) is 31.0 Å². The number of halogens is 3. The first-order valence-electron chi connectivity index (χ1n) is 7.08. The van der Waals surface area contributed by atoms with Gasteiger partial charge in [0.15, 0.2) is 0 Å². The molecule has 0 bridgehead atoms. The Kier molecular flexibility index (Phi) is 6.44. The first-order chi connectivity index (χ1) is 9.70. The molecular formula is C13H22F3N3O2. The van der Waals surface area contributed by atoms with Crippen LogP contribution in [-0.4, -0.2) is 48.6 Å². The monoisotopic (exact) mass is 309 g/mol. The Labute approximate surface area is 122 Å². The van der Waals surface area contributed by atoms with Crippen molar-refractivity contribution < 1.29 is 22.8 Å². The van der Waals surface area contributed by atoms with Crippen molar-refractivity contribution in [2.24, 2.45) is 11.7 Å². The standard InChI is InChI=1S/C13H22F3N3O2/c1-9(17)2-3-11(20)18-8-10-4-6-19(7-5-10)12(21)13(14,15)16/h9-10H,2-8,17H2,1H3,(H,18,20). The molecule has 1 fully saturated rings. The molecule has 1 heterocycles. The molecule has 1 saturated heterocycles. The Hall–Kier alpha value is -1.31. The minimum absolute atomic E-state index is 0.0348. The summed E-state index contributed by atoms with van der Waals surface area (Å²) in [5, 5.41) is 2.76. The highest BCUT2D eigenvalue weighted by Gasteiger charge is 2.43. The van der Waals surface area contributed by atoms with Crippen LogP contribution in [0.15, 0.2) is 0 Å². The summed E-state index contributed by atoms with van der Waals surface area (Å²) in [7, 11) is 0. The van der Waals surface area contributed by atoms with E-state index in [1.54, 1.807) is 0 Å². The molecule has 2 amide bonds. The van der Waals surface area contributed by atoms with E-state index in [2.05, 4.69) is 5.32 Å². The number of nitrogens with two attached hydrogens (primary N) is 1. The van der Waals surface area contributed by atoms with Crippen molar-refractivity contribution >= 4 is 11.8 Å². The van der Waals surface area contributed by atoms with E-state index in [1.165, 1.54) is 0 Å². The fourth-order valence-electron chi connectivity index (χ4n) is 2.22. The SMILES string of the molecule is CC(N)CCC(=O)NCC1CCN(C(=O)C(F)(F)F)CC1. The van der Waals surface area contributed by atoms with Crippen molar-refractivity contribution in [3.63, 3.8) is 0 Å². The van der Waals surface area contributed by atoms with Crippen LogP contribution in [0.5, 0.6) is 0 Å². The molecule has 0 aromatic rings. The molecule has 0 spiro atoms. The van der Waals surface area contributed by atoms with E-state index in [0.29, 0.717) is 32.2 Å². The van der Waals surface area contributed by atoms with Crippen molar-refractivity contribution in [3.05, 3.63) is 0 Å². The maximum Gasteiger partial charge on any atom is 0.471 e. The third kappa shape index (κ3) is 6.33. The fraction of sp³-hybridized carbons (Fsp3) is 0.846. The summed E-state index contributed by atoms with van der Waals surface area (Å²) in [5.74, 6) is -1.76. The molecule has 0 aliphatic carbocycles. The Morgan fingerprint density at radius 1 is 1.33 bits per heavy atom. The quantitative estimate of drug-likeness (QED) is 0.796. The molecule has 0 saturated carbocycles. The molecule has 0 aromatic heterocycles. The molecule has 122 valence electrons. The van der Waals surface area contributed by atoms with E-state index in [1.807, 2.05) is 6.92 Å². The van der Waals surface area contributed by atoms with Gasteiger partial charge in [0, 0.05) is 32.1 Å². The lowest BCUT2D eigenvalue weighted by Gasteiger charge is -2.32. The lowest BCUT2D eigenvalue weighted by atomic mass is 9.96. The van der Waals surface area contributed by atoms with Crippen LogP contribution in [0.3, 0.4) is 0 Å². The number of hydrogen-bond donors (Lipinski definition) is 2. The zero-order chi connectivity index (χ0) is 16.0. The lowest BCUT2D eigenvalue weighted by Crippen LogP contribution is -2.46. The number of likely N-dealkylation sites (tertiary alicyclic amines) is 1. The van der Waals surface area contributed by atoms with Crippen molar-refractivity contribution in [2.45, 2.75) is 44.8 Å². The Morgan fingerprint density at radius 2 is 1.90 bits per heavy atom. The summed E-state index contributed by atoms with van der Waals surface area (Å²) in [4.78, 5) is 23.4. The van der Waals surface area contributed by atoms with Gasteiger partial charge >= 0.3 is 12.1 Å². The van der Waals surface area contributed by atoms with E-state index in [0.717, 1.165) is 4.90 Å². The number of alkyl halides is 3. The molecule has 0 radical (unpaired) electrons. The lowest BCUT2D eigenvalue weighted by molar-refractivity contribution is -0.186. The van der Waals surface area contributed by atoms with Crippen LogP contribution in [0.1, 0.15) is 32.6 Å². The second kappa shape index (κ2) is 7.63. The number of carbonyl (C=O) groups is 2. The number of hydrogen-bond acceptors (Lipinski definition) is 3. The highest BCUT2D eigenvalue weighted by Crippen LogP contribution is 2.23. The molecule has 0 aromatic carbocycles. The predicted octanol–water partition coefficient (Wildman–Crippen LogP) is 1.03. The number of carbonyl (C=O) groups excluding carboxylic acids is 2. The van der Waals surface area contributed by atoms with Crippen LogP contribution in [0, 0.1) is 5.92 Å². The maximum absolute atomic E-state index is 12.3. The predicted molar refractivity (Wildman–Crippen MR) is 71.3 cm³/mol. The molecule has 1 aliphatic heterocycles. The molecule has 1 rings (SSSR count). The topological polar surface area (TPSA) is 75.4 Å². The average molecular weight is 309 g/mol. The molecule has 21 heavy (non-hydrogen) atoms. The summed E-state index contributed by atoms with van der Waals surface area (Å²) in [5.41, 5.74) is 5.55. The van der Waals surface area contributed by atoms with Crippen LogP contribution < -0.4 is 11.1 Å². The van der Waals surface area contributed by atoms with Gasteiger partial charge in [-0.3, -0.25) is 9.59 Å². The molecule has 8 heteroatoms. The van der Waals surface area contributed by atoms with Crippen molar-refractivity contribution in [1.82, 2.24) is 10.2 Å². The largest absolute Gasteiger partial charge is 0.471 e. The van der Waals surface area contributed by atoms with Crippen LogP contribution in [0.25, 0.3) is 0 Å². The Bertz CT molecular complexity index is 364. The second-order valence-corrected chi connectivity index (χ2v) is 5.55. The summed E-state index contributed by atoms with van der Waals surface area (Å²) in [6.45, 7) is 2.42. The van der Waals surface area contributed by atoms with Gasteiger partial charge in [-0.25, -0.2) is 0 Å². The molecule has 1 unspecified atom stereocenters. The van der Waals surface area contributed by atoms with E-state index in [4.69, 9.17) is 5.73 Å². The van der Waals surface area contributed by atoms with E-state index in [9.17, 15) is 22.8 Å². The van der Waals surface area contributed by atoms with Crippen LogP contribution >= 0.6 is 0 Å². The van der Waals surface area contributed by atoms with Crippen LogP contribution in [0.4, 0.5) is 13.2 Å². The van der Waals surface area contributed by atoms with Gasteiger partial charge in [-0.05, 0) is 32.1 Å². The minimum atomic E-state index is -4.81. The van der Waals surface area contributed by atoms with Crippen molar-refractivity contribution in [1.29, 1.82) is 0 Å². The number of piperidine rings is 1. The molecule has 5 nitrogen and oxygen atoms in total. The first kappa shape index (κ1) is 17.7. The van der Waals surface area contributed by atoms with E-state index >= 15 is 0 Å². The van der Waals surface area contributed by atoms with Crippen molar-refractivity contribution in [2.75, 3.05) is 19.6 Å². The van der Waals surface area contributed by atoms with E-state index < -0.39 is 12.1 Å². The summed E-state index contributed by atoms with van der Waals surface area (Å²) >= 11 is 0. The Balaban J connectivity index is 2.25. The molecule has 1 aliphatic rings. The Morgan fingerprint density at radius 3 is 2.38 bits per heavy atom. The normalized spacial score (nSPS) is 18.4. The molecule has 1 atom stereocenters. The van der Waals surface area contributed by atoms with Gasteiger partial charge in [-0.1, -0.05) is 0 Å². The summed E-state index contributed by atoms with van der Waals surface area (Å²) in [6.07, 6.45) is -2.92. The average Bonchev–Trinajstić information content (AvgIpc) is 2.41. The maximum atomic E-state index is 12.3. The number of rotatable bonds is 5. The smallest absolute Gasteiger partial charge is 0.356 e. The van der Waals surface area contributed by atoms with Gasteiger partial charge < -0.3 is 16.0 Å². The third-order valence-corrected chi connectivity index (χ3v) is 3.56. The van der Waals surface area contributed by atoms with Crippen LogP contribution in [0.2, 0.25) is 0 Å². The number of nitrogens with zero attached hydrogens (tertiary/aromatic N) is 1. The zero-order valence-corrected chi connectivity index (χ0v) is 12.1. The molecular weight excluding hydrogens is 287 g/mol. The first-order valence-corrected chi connectivity index (χ1v) is 7.08. The van der Waals surface area contributed by atoms with Gasteiger partial charge in [0.1, 0.15) is 0 Å². The van der Waals surface area contributed by atoms with Gasteiger partial charge in [0.2, 0.25) is 5.91 Å². The molecule has 3 N–H and O–H groups in total.